The molecule has 0 aromatic heterocycles. The van der Waals surface area contributed by atoms with Gasteiger partial charge in [-0.05, 0) is 6.92 Å². The van der Waals surface area contributed by atoms with Crippen LogP contribution in [0.4, 0.5) is 0 Å². The zero-order chi connectivity index (χ0) is 17.1. The summed E-state index contributed by atoms with van der Waals surface area (Å²) >= 11 is 0. The molecule has 0 saturated carbocycles. The van der Waals surface area contributed by atoms with E-state index in [9.17, 15) is 14.7 Å². The lowest BCUT2D eigenvalue weighted by Gasteiger charge is -2.29. The number of aliphatic hydroxyl groups is 1. The summed E-state index contributed by atoms with van der Waals surface area (Å²) in [7, 11) is 2.67. The van der Waals surface area contributed by atoms with E-state index >= 15 is 0 Å². The van der Waals surface area contributed by atoms with Crippen LogP contribution >= 0.6 is 0 Å². The average Bonchev–Trinajstić information content (AvgIpc) is 2.56. The number of hydrogen-bond acceptors (Lipinski definition) is 8. The summed E-state index contributed by atoms with van der Waals surface area (Å²) in [6, 6.07) is 0. The second-order valence-corrected chi connectivity index (χ2v) is 4.84. The van der Waals surface area contributed by atoms with E-state index in [2.05, 4.69) is 0 Å². The van der Waals surface area contributed by atoms with Crippen molar-refractivity contribution in [1.29, 1.82) is 0 Å². The Kier molecular flexibility index (Phi) is 5.51. The number of carbonyl (C=O) groups is 2. The second-order valence-electron chi connectivity index (χ2n) is 4.84. The molecule has 8 nitrogen and oxygen atoms in total. The molecule has 1 unspecified atom stereocenters. The molecule has 0 spiro atoms. The van der Waals surface area contributed by atoms with Gasteiger partial charge in [-0.15, -0.1) is 0 Å². The lowest BCUT2D eigenvalue weighted by Crippen LogP contribution is -2.50. The van der Waals surface area contributed by atoms with Crippen LogP contribution in [0.2, 0.25) is 0 Å². The largest absolute Gasteiger partial charge is 0.463 e. The molecule has 0 bridgehead atoms. The first-order valence-corrected chi connectivity index (χ1v) is 6.37. The second kappa shape index (κ2) is 7.17. The zero-order valence-corrected chi connectivity index (χ0v) is 12.7. The molecule has 0 aromatic rings. The first-order valence-electron chi connectivity index (χ1n) is 6.87. The number of hydrogen-bond donors (Lipinski definition) is 1. The third kappa shape index (κ3) is 4.13. The van der Waals surface area contributed by atoms with Gasteiger partial charge in [-0.2, -0.15) is 0 Å². The van der Waals surface area contributed by atoms with Crippen molar-refractivity contribution in [3.8, 4) is 0 Å². The SMILES string of the molecule is [2H]C1(OC(C)=O)O[C@@H]([C@@H](COC(C)=O)OC)[C@H](OC)[C@@]1(C)O. The van der Waals surface area contributed by atoms with Crippen molar-refractivity contribution in [2.45, 2.75) is 51.0 Å². The summed E-state index contributed by atoms with van der Waals surface area (Å²) in [5, 5.41) is 10.5. The minimum atomic E-state index is -2.36. The van der Waals surface area contributed by atoms with Gasteiger partial charge in [-0.25, -0.2) is 0 Å². The fraction of sp³-hybridized carbons (Fsp3) is 0.846. The van der Waals surface area contributed by atoms with Crippen molar-refractivity contribution in [3.63, 3.8) is 0 Å². The van der Waals surface area contributed by atoms with Crippen LogP contribution in [0.25, 0.3) is 0 Å². The minimum Gasteiger partial charge on any atom is -0.463 e. The van der Waals surface area contributed by atoms with Crippen LogP contribution in [0.15, 0.2) is 0 Å². The predicted molar refractivity (Wildman–Crippen MR) is 69.3 cm³/mol. The van der Waals surface area contributed by atoms with E-state index in [1.165, 1.54) is 28.1 Å². The fourth-order valence-corrected chi connectivity index (χ4v) is 2.13. The lowest BCUT2D eigenvalue weighted by molar-refractivity contribution is -0.210. The van der Waals surface area contributed by atoms with Gasteiger partial charge < -0.3 is 28.8 Å². The Labute approximate surface area is 124 Å². The highest BCUT2D eigenvalue weighted by Crippen LogP contribution is 2.36. The van der Waals surface area contributed by atoms with E-state index in [4.69, 9.17) is 25.1 Å². The molecule has 5 atom stereocenters. The molecule has 0 aliphatic carbocycles. The van der Waals surface area contributed by atoms with Gasteiger partial charge in [0.1, 0.15) is 26.3 Å². The molecule has 1 fully saturated rings. The topological polar surface area (TPSA) is 101 Å². The summed E-state index contributed by atoms with van der Waals surface area (Å²) < 4.78 is 33.6. The molecule has 1 heterocycles. The van der Waals surface area contributed by atoms with Crippen LogP contribution < -0.4 is 0 Å². The zero-order valence-electron chi connectivity index (χ0n) is 13.7. The van der Waals surface area contributed by atoms with Crippen molar-refractivity contribution >= 4 is 11.9 Å². The van der Waals surface area contributed by atoms with Crippen LogP contribution in [0.1, 0.15) is 22.1 Å². The molecule has 1 aliphatic heterocycles. The van der Waals surface area contributed by atoms with Crippen molar-refractivity contribution in [2.24, 2.45) is 0 Å². The molecule has 0 radical (unpaired) electrons. The van der Waals surface area contributed by atoms with E-state index in [0.717, 1.165) is 6.92 Å². The van der Waals surface area contributed by atoms with Gasteiger partial charge in [-0.1, -0.05) is 0 Å². The Morgan fingerprint density at radius 2 is 2.00 bits per heavy atom. The van der Waals surface area contributed by atoms with Crippen LogP contribution in [0, 0.1) is 0 Å². The molecule has 0 aromatic carbocycles. The van der Waals surface area contributed by atoms with Crippen molar-refractivity contribution in [1.82, 2.24) is 0 Å². The predicted octanol–water partition coefficient (Wildman–Crippen LogP) is -0.381. The summed E-state index contributed by atoms with van der Waals surface area (Å²) in [5.41, 5.74) is -1.95. The molecule has 21 heavy (non-hydrogen) atoms. The van der Waals surface area contributed by atoms with E-state index in [-0.39, 0.29) is 6.61 Å². The molecule has 1 rings (SSSR count). The third-order valence-corrected chi connectivity index (χ3v) is 3.12. The highest BCUT2D eigenvalue weighted by atomic mass is 16.7. The van der Waals surface area contributed by atoms with Crippen LogP contribution in [0.3, 0.4) is 0 Å². The first-order chi connectivity index (χ1) is 10.1. The van der Waals surface area contributed by atoms with Gasteiger partial charge in [-0.3, -0.25) is 9.59 Å². The summed E-state index contributed by atoms with van der Waals surface area (Å²) in [5.74, 6) is -1.31. The van der Waals surface area contributed by atoms with Crippen molar-refractivity contribution in [3.05, 3.63) is 0 Å². The van der Waals surface area contributed by atoms with E-state index in [1.54, 1.807) is 0 Å². The summed E-state index contributed by atoms with van der Waals surface area (Å²) in [6.45, 7) is 3.43. The Balaban J connectivity index is 3.04. The maximum atomic E-state index is 11.2. The number of methoxy groups -OCH3 is 2. The van der Waals surface area contributed by atoms with E-state index < -0.39 is 42.1 Å². The normalized spacial score (nSPS) is 37.7. The Morgan fingerprint density at radius 1 is 1.38 bits per heavy atom. The number of rotatable bonds is 6. The van der Waals surface area contributed by atoms with Gasteiger partial charge in [0.2, 0.25) is 6.27 Å². The summed E-state index contributed by atoms with van der Waals surface area (Å²) in [6.07, 6.45) is -5.20. The monoisotopic (exact) mass is 307 g/mol. The molecule has 122 valence electrons. The van der Waals surface area contributed by atoms with Gasteiger partial charge in [0.05, 0.1) is 0 Å². The molecule has 8 heteroatoms. The Hall–Kier alpha value is -1.22. The van der Waals surface area contributed by atoms with Gasteiger partial charge in [0, 0.05) is 28.1 Å². The van der Waals surface area contributed by atoms with Crippen molar-refractivity contribution < 1.29 is 39.8 Å². The fourth-order valence-electron chi connectivity index (χ4n) is 2.13. The van der Waals surface area contributed by atoms with Crippen LogP contribution in [-0.4, -0.2) is 68.1 Å². The molecule has 0 amide bonds. The highest BCUT2D eigenvalue weighted by Gasteiger charge is 2.57. The lowest BCUT2D eigenvalue weighted by atomic mass is 9.95. The standard InChI is InChI=1S/C13H22O8/c1-7(14)19-6-9(17-4)10-11(18-5)13(3,16)12(21-10)20-8(2)15/h9-12,16H,6H2,1-5H3/t9-,10+,11+,12?,13-/m1/s1/i12D. The molecular weight excluding hydrogens is 284 g/mol. The van der Waals surface area contributed by atoms with Crippen LogP contribution in [0.5, 0.6) is 0 Å². The summed E-state index contributed by atoms with van der Waals surface area (Å²) in [4.78, 5) is 22.1. The van der Waals surface area contributed by atoms with E-state index in [0.29, 0.717) is 0 Å². The number of ether oxygens (including phenoxy) is 5. The first kappa shape index (κ1) is 16.2. The maximum absolute atomic E-state index is 11.2. The van der Waals surface area contributed by atoms with E-state index in [1.807, 2.05) is 0 Å². The Morgan fingerprint density at radius 3 is 2.43 bits per heavy atom. The molecule has 1 N–H and O–H groups in total. The number of esters is 2. The third-order valence-electron chi connectivity index (χ3n) is 3.12. The maximum Gasteiger partial charge on any atom is 0.305 e. The highest BCUT2D eigenvalue weighted by molar-refractivity contribution is 5.66. The van der Waals surface area contributed by atoms with Crippen LogP contribution in [-0.2, 0) is 33.3 Å². The smallest absolute Gasteiger partial charge is 0.305 e. The minimum absolute atomic E-state index is 0.164. The molecule has 1 saturated heterocycles. The van der Waals surface area contributed by atoms with Gasteiger partial charge in [0.15, 0.2) is 5.60 Å². The molecular formula is C13H22O8. The van der Waals surface area contributed by atoms with Gasteiger partial charge >= 0.3 is 11.9 Å². The average molecular weight is 307 g/mol. The number of carbonyl (C=O) groups excluding carboxylic acids is 2. The van der Waals surface area contributed by atoms with Gasteiger partial charge in [0.25, 0.3) is 0 Å². The quantitative estimate of drug-likeness (QED) is 0.663. The van der Waals surface area contributed by atoms with Crippen molar-refractivity contribution in [2.75, 3.05) is 20.8 Å². The Bertz CT molecular complexity index is 426. The molecule has 1 aliphatic rings.